The number of imide groups is 2. The molecule has 2 aromatic heterocycles. The van der Waals surface area contributed by atoms with E-state index in [0.717, 1.165) is 25.0 Å². The summed E-state index contributed by atoms with van der Waals surface area (Å²) in [6.07, 6.45) is 1.34. The zero-order valence-electron chi connectivity index (χ0n) is 16.7. The Bertz CT molecular complexity index is 1370. The van der Waals surface area contributed by atoms with Crippen molar-refractivity contribution in [2.75, 3.05) is 4.90 Å². The van der Waals surface area contributed by atoms with Gasteiger partial charge in [0, 0.05) is 0 Å². The van der Waals surface area contributed by atoms with Gasteiger partial charge in [-0.25, -0.2) is 14.7 Å². The van der Waals surface area contributed by atoms with Gasteiger partial charge >= 0.3 is 6.03 Å². The van der Waals surface area contributed by atoms with Crippen molar-refractivity contribution in [2.24, 2.45) is 0 Å². The number of amides is 4. The lowest BCUT2D eigenvalue weighted by Gasteiger charge is -2.26. The van der Waals surface area contributed by atoms with E-state index >= 15 is 0 Å². The van der Waals surface area contributed by atoms with Gasteiger partial charge in [-0.2, -0.15) is 0 Å². The van der Waals surface area contributed by atoms with Crippen LogP contribution in [0.2, 0.25) is 0 Å². The van der Waals surface area contributed by atoms with E-state index in [2.05, 4.69) is 10.3 Å². The molecule has 4 amide bonds. The highest BCUT2D eigenvalue weighted by molar-refractivity contribution is 8.01. The summed E-state index contributed by atoms with van der Waals surface area (Å²) in [7, 11) is 0. The fourth-order valence-electron chi connectivity index (χ4n) is 3.18. The van der Waals surface area contributed by atoms with Crippen LogP contribution in [0.4, 0.5) is 10.5 Å². The molecule has 1 N–H and O–H groups in total. The lowest BCUT2D eigenvalue weighted by atomic mass is 10.1. The number of para-hydroxylation sites is 1. The highest BCUT2D eigenvalue weighted by atomic mass is 32.2. The van der Waals surface area contributed by atoms with Gasteiger partial charge in [0.25, 0.3) is 11.8 Å². The Hall–Kier alpha value is -3.69. The van der Waals surface area contributed by atoms with Gasteiger partial charge in [0.2, 0.25) is 0 Å². The van der Waals surface area contributed by atoms with Crippen molar-refractivity contribution in [3.63, 3.8) is 0 Å². The molecular weight excluding hydrogens is 446 g/mol. The van der Waals surface area contributed by atoms with Crippen LogP contribution in [-0.4, -0.2) is 22.8 Å². The fraction of sp³-hybridized carbons (Fsp3) is 0.0435. The number of carbonyl (C=O) groups excluding carboxylic acids is 3. The van der Waals surface area contributed by atoms with Crippen LogP contribution in [0.25, 0.3) is 16.3 Å². The Morgan fingerprint density at radius 1 is 1.03 bits per heavy atom. The number of urea groups is 1. The second kappa shape index (κ2) is 8.10. The van der Waals surface area contributed by atoms with Crippen molar-refractivity contribution < 1.29 is 18.8 Å². The zero-order valence-corrected chi connectivity index (χ0v) is 18.3. The summed E-state index contributed by atoms with van der Waals surface area (Å²) < 4.78 is 7.68. The number of nitrogens with one attached hydrogen (secondary N) is 1. The molecule has 3 heterocycles. The monoisotopic (exact) mass is 461 g/mol. The molecule has 4 aromatic rings. The standard InChI is InChI=1S/C23H15N3O4S2/c1-13-6-8-14(9-7-13)26-21(28)16(20(27)25-22(26)29)12-15-10-11-19(30-15)32-23-24-17-4-2-3-5-18(17)31-23/h2-12H,1H3,(H,25,27,29)/b16-12+. The lowest BCUT2D eigenvalue weighted by Crippen LogP contribution is -2.54. The van der Waals surface area contributed by atoms with E-state index in [-0.39, 0.29) is 5.57 Å². The van der Waals surface area contributed by atoms with E-state index in [0.29, 0.717) is 16.5 Å². The number of anilines is 1. The van der Waals surface area contributed by atoms with Crippen LogP contribution in [0.3, 0.4) is 0 Å². The number of fused-ring (bicyclic) bond motifs is 1. The molecular formula is C23H15N3O4S2. The van der Waals surface area contributed by atoms with E-state index < -0.39 is 17.8 Å². The Balaban J connectivity index is 1.40. The molecule has 0 unspecified atom stereocenters. The summed E-state index contributed by atoms with van der Waals surface area (Å²) in [5, 5.41) is 2.78. The van der Waals surface area contributed by atoms with Crippen LogP contribution in [0.15, 0.2) is 80.1 Å². The highest BCUT2D eigenvalue weighted by Gasteiger charge is 2.37. The predicted octanol–water partition coefficient (Wildman–Crippen LogP) is 5.02. The first-order valence-electron chi connectivity index (χ1n) is 9.59. The van der Waals surface area contributed by atoms with E-state index in [1.165, 1.54) is 17.8 Å². The van der Waals surface area contributed by atoms with E-state index in [1.807, 2.05) is 31.2 Å². The SMILES string of the molecule is Cc1ccc(N2C(=O)NC(=O)/C(=C\c3ccc(Sc4nc5ccccc5s4)o3)C2=O)cc1. The summed E-state index contributed by atoms with van der Waals surface area (Å²) in [6.45, 7) is 1.90. The number of thiazole rings is 1. The van der Waals surface area contributed by atoms with Gasteiger partial charge < -0.3 is 4.42 Å². The number of carbonyl (C=O) groups is 3. The van der Waals surface area contributed by atoms with E-state index in [4.69, 9.17) is 4.42 Å². The number of hydrogen-bond donors (Lipinski definition) is 1. The quantitative estimate of drug-likeness (QED) is 0.339. The van der Waals surface area contributed by atoms with Crippen LogP contribution < -0.4 is 10.2 Å². The molecule has 32 heavy (non-hydrogen) atoms. The highest BCUT2D eigenvalue weighted by Crippen LogP contribution is 2.35. The zero-order chi connectivity index (χ0) is 22.2. The lowest BCUT2D eigenvalue weighted by molar-refractivity contribution is -0.122. The molecule has 0 atom stereocenters. The van der Waals surface area contributed by atoms with E-state index in [9.17, 15) is 14.4 Å². The Morgan fingerprint density at radius 2 is 1.81 bits per heavy atom. The number of nitrogens with zero attached hydrogens (tertiary/aromatic N) is 2. The minimum absolute atomic E-state index is 0.184. The van der Waals surface area contributed by atoms with Crippen LogP contribution >= 0.6 is 23.1 Å². The van der Waals surface area contributed by atoms with Crippen LogP contribution in [-0.2, 0) is 9.59 Å². The second-order valence-electron chi connectivity index (χ2n) is 7.00. The Labute approximate surface area is 190 Å². The topological polar surface area (TPSA) is 92.5 Å². The smallest absolute Gasteiger partial charge is 0.335 e. The van der Waals surface area contributed by atoms with Gasteiger partial charge in [0.1, 0.15) is 11.3 Å². The molecule has 2 aromatic carbocycles. The van der Waals surface area contributed by atoms with Crippen molar-refractivity contribution in [2.45, 2.75) is 16.4 Å². The first-order valence-corrected chi connectivity index (χ1v) is 11.2. The summed E-state index contributed by atoms with van der Waals surface area (Å²) in [5.74, 6) is -1.15. The van der Waals surface area contributed by atoms with Crippen molar-refractivity contribution in [1.29, 1.82) is 0 Å². The summed E-state index contributed by atoms with van der Waals surface area (Å²) in [6, 6.07) is 17.3. The van der Waals surface area contributed by atoms with Crippen molar-refractivity contribution >= 4 is 62.9 Å². The molecule has 7 nitrogen and oxygen atoms in total. The van der Waals surface area contributed by atoms with Crippen LogP contribution in [0.1, 0.15) is 11.3 Å². The molecule has 0 bridgehead atoms. The third-order valence-electron chi connectivity index (χ3n) is 4.74. The maximum atomic E-state index is 13.0. The molecule has 9 heteroatoms. The van der Waals surface area contributed by atoms with Gasteiger partial charge in [-0.1, -0.05) is 29.8 Å². The minimum atomic E-state index is -0.785. The van der Waals surface area contributed by atoms with Gasteiger partial charge in [0.05, 0.1) is 15.9 Å². The second-order valence-corrected chi connectivity index (χ2v) is 9.28. The number of benzene rings is 2. The van der Waals surface area contributed by atoms with Gasteiger partial charge in [-0.3, -0.25) is 14.9 Å². The molecule has 1 saturated heterocycles. The fourth-order valence-corrected chi connectivity index (χ4v) is 5.15. The summed E-state index contributed by atoms with van der Waals surface area (Å²) in [4.78, 5) is 43.1. The average molecular weight is 462 g/mol. The normalized spacial score (nSPS) is 15.6. The average Bonchev–Trinajstić information content (AvgIpc) is 3.38. The largest absolute Gasteiger partial charge is 0.450 e. The van der Waals surface area contributed by atoms with Gasteiger partial charge in [0.15, 0.2) is 9.43 Å². The Morgan fingerprint density at radius 3 is 2.59 bits per heavy atom. The maximum Gasteiger partial charge on any atom is 0.335 e. The molecule has 158 valence electrons. The van der Waals surface area contributed by atoms with Gasteiger partial charge in [-0.15, -0.1) is 11.3 Å². The summed E-state index contributed by atoms with van der Waals surface area (Å²) in [5.41, 5.74) is 2.09. The molecule has 1 aliphatic rings. The van der Waals surface area contributed by atoms with Gasteiger partial charge in [-0.05, 0) is 61.2 Å². The van der Waals surface area contributed by atoms with Crippen LogP contribution in [0.5, 0.6) is 0 Å². The number of aromatic nitrogens is 1. The summed E-state index contributed by atoms with van der Waals surface area (Å²) >= 11 is 2.91. The molecule has 1 aliphatic heterocycles. The van der Waals surface area contributed by atoms with Crippen LogP contribution in [0, 0.1) is 6.92 Å². The van der Waals surface area contributed by atoms with Crippen molar-refractivity contribution in [3.05, 3.63) is 77.6 Å². The minimum Gasteiger partial charge on any atom is -0.450 e. The Kier molecular flexibility index (Phi) is 5.12. The molecule has 0 aliphatic carbocycles. The predicted molar refractivity (Wildman–Crippen MR) is 123 cm³/mol. The molecule has 1 fully saturated rings. The number of furan rings is 1. The third-order valence-corrected chi connectivity index (χ3v) is 6.76. The molecule has 0 radical (unpaired) electrons. The van der Waals surface area contributed by atoms with E-state index in [1.54, 1.807) is 47.7 Å². The third kappa shape index (κ3) is 3.83. The first kappa shape index (κ1) is 20.2. The first-order chi connectivity index (χ1) is 15.5. The molecule has 0 spiro atoms. The number of hydrogen-bond acceptors (Lipinski definition) is 7. The number of barbiturate groups is 1. The maximum absolute atomic E-state index is 13.0. The molecule has 0 saturated carbocycles. The molecule has 5 rings (SSSR count). The number of rotatable bonds is 4. The van der Waals surface area contributed by atoms with Crippen molar-refractivity contribution in [1.82, 2.24) is 10.3 Å². The van der Waals surface area contributed by atoms with Crippen molar-refractivity contribution in [3.8, 4) is 0 Å². The number of aryl methyl sites for hydroxylation is 1.